The number of aromatic amines is 1. The number of oxazole rings is 1. The van der Waals surface area contributed by atoms with Crippen molar-refractivity contribution in [2.24, 2.45) is 5.92 Å². The van der Waals surface area contributed by atoms with Crippen LogP contribution in [0.1, 0.15) is 32.6 Å². The Morgan fingerprint density at radius 2 is 2.16 bits per heavy atom. The lowest BCUT2D eigenvalue weighted by molar-refractivity contribution is 0.349. The molecule has 2 aromatic rings. The molecule has 1 aliphatic rings. The van der Waals surface area contributed by atoms with E-state index in [0.29, 0.717) is 28.7 Å². The molecule has 0 radical (unpaired) electrons. The lowest BCUT2D eigenvalue weighted by Crippen LogP contribution is -2.30. The van der Waals surface area contributed by atoms with Gasteiger partial charge in [-0.05, 0) is 24.8 Å². The fourth-order valence-electron chi connectivity index (χ4n) is 2.87. The number of nitrogen functional groups attached to an aromatic ring is 1. The van der Waals surface area contributed by atoms with Gasteiger partial charge in [-0.1, -0.05) is 19.8 Å². The molecule has 5 nitrogen and oxygen atoms in total. The third-order valence-electron chi connectivity index (χ3n) is 4.04. The Hall–Kier alpha value is -1.91. The largest absolute Gasteiger partial charge is 0.417 e. The van der Waals surface area contributed by atoms with Crippen LogP contribution in [0.3, 0.4) is 0 Å². The Kier molecular flexibility index (Phi) is 2.97. The highest BCUT2D eigenvalue weighted by molar-refractivity contribution is 5.85. The smallest absolute Gasteiger partial charge is 0.408 e. The summed E-state index contributed by atoms with van der Waals surface area (Å²) in [7, 11) is 0. The van der Waals surface area contributed by atoms with Crippen molar-refractivity contribution in [1.29, 1.82) is 0 Å². The van der Waals surface area contributed by atoms with Crippen molar-refractivity contribution in [3.05, 3.63) is 22.7 Å². The van der Waals surface area contributed by atoms with Crippen molar-refractivity contribution in [2.45, 2.75) is 38.6 Å². The van der Waals surface area contributed by atoms with Crippen LogP contribution in [0.4, 0.5) is 11.4 Å². The van der Waals surface area contributed by atoms with Gasteiger partial charge in [0, 0.05) is 12.1 Å². The molecule has 1 saturated carbocycles. The molecule has 3 rings (SSSR count). The second-order valence-electron chi connectivity index (χ2n) is 5.46. The van der Waals surface area contributed by atoms with Crippen molar-refractivity contribution in [3.8, 4) is 0 Å². The van der Waals surface area contributed by atoms with Crippen LogP contribution in [0.5, 0.6) is 0 Å². The summed E-state index contributed by atoms with van der Waals surface area (Å²) in [6, 6.07) is 4.01. The molecule has 5 heteroatoms. The van der Waals surface area contributed by atoms with Gasteiger partial charge in [-0.25, -0.2) is 4.79 Å². The number of anilines is 2. The van der Waals surface area contributed by atoms with E-state index in [1.807, 2.05) is 6.07 Å². The number of aromatic nitrogens is 1. The van der Waals surface area contributed by atoms with Gasteiger partial charge < -0.3 is 15.5 Å². The van der Waals surface area contributed by atoms with Crippen LogP contribution in [0.2, 0.25) is 0 Å². The molecule has 1 heterocycles. The predicted molar refractivity (Wildman–Crippen MR) is 76.3 cm³/mol. The molecule has 0 spiro atoms. The Bertz CT molecular complexity index is 644. The summed E-state index contributed by atoms with van der Waals surface area (Å²) in [5.74, 6) is 0.199. The van der Waals surface area contributed by atoms with E-state index in [2.05, 4.69) is 17.2 Å². The van der Waals surface area contributed by atoms with Gasteiger partial charge in [-0.15, -0.1) is 0 Å². The Morgan fingerprint density at radius 3 is 2.95 bits per heavy atom. The zero-order valence-corrected chi connectivity index (χ0v) is 11.0. The third kappa shape index (κ3) is 2.32. The number of hydrogen-bond donors (Lipinski definition) is 3. The number of H-pyrrole nitrogens is 1. The molecule has 1 aliphatic carbocycles. The minimum Gasteiger partial charge on any atom is -0.408 e. The molecular weight excluding hydrogens is 242 g/mol. The van der Waals surface area contributed by atoms with Gasteiger partial charge in [0.1, 0.15) is 0 Å². The molecule has 2 unspecified atom stereocenters. The Morgan fingerprint density at radius 1 is 1.37 bits per heavy atom. The normalized spacial score (nSPS) is 23.6. The fraction of sp³-hybridized carbons (Fsp3) is 0.500. The maximum atomic E-state index is 11.2. The highest BCUT2D eigenvalue weighted by Crippen LogP contribution is 2.30. The first-order chi connectivity index (χ1) is 9.13. The van der Waals surface area contributed by atoms with E-state index in [9.17, 15) is 4.79 Å². The number of nitrogens with one attached hydrogen (secondary N) is 2. The summed E-state index contributed by atoms with van der Waals surface area (Å²) in [5.41, 5.74) is 8.71. The molecule has 102 valence electrons. The second kappa shape index (κ2) is 4.64. The van der Waals surface area contributed by atoms with Crippen LogP contribution in [-0.4, -0.2) is 11.0 Å². The summed E-state index contributed by atoms with van der Waals surface area (Å²) < 4.78 is 5.00. The van der Waals surface area contributed by atoms with Crippen molar-refractivity contribution in [2.75, 3.05) is 11.1 Å². The monoisotopic (exact) mass is 261 g/mol. The van der Waals surface area contributed by atoms with Crippen LogP contribution in [0.25, 0.3) is 11.1 Å². The molecule has 2 atom stereocenters. The number of nitrogens with two attached hydrogens (primary N) is 1. The molecule has 0 amide bonds. The summed E-state index contributed by atoms with van der Waals surface area (Å²) in [4.78, 5) is 13.8. The summed E-state index contributed by atoms with van der Waals surface area (Å²) >= 11 is 0. The Balaban J connectivity index is 1.91. The van der Waals surface area contributed by atoms with E-state index in [1.54, 1.807) is 6.07 Å². The average molecular weight is 261 g/mol. The van der Waals surface area contributed by atoms with Crippen LogP contribution < -0.4 is 16.8 Å². The first-order valence-corrected chi connectivity index (χ1v) is 6.82. The number of hydrogen-bond acceptors (Lipinski definition) is 4. The number of benzene rings is 1. The number of fused-ring (bicyclic) bond motifs is 1. The van der Waals surface area contributed by atoms with Gasteiger partial charge >= 0.3 is 5.76 Å². The lowest BCUT2D eigenvalue weighted by atomic mass is 9.86. The maximum absolute atomic E-state index is 11.2. The highest BCUT2D eigenvalue weighted by Gasteiger charge is 2.21. The molecule has 1 aromatic heterocycles. The minimum absolute atomic E-state index is 0.447. The fourth-order valence-corrected chi connectivity index (χ4v) is 2.87. The molecule has 19 heavy (non-hydrogen) atoms. The van der Waals surface area contributed by atoms with E-state index in [0.717, 1.165) is 5.69 Å². The summed E-state index contributed by atoms with van der Waals surface area (Å²) in [6.07, 6.45) is 4.98. The number of rotatable bonds is 2. The second-order valence-corrected chi connectivity index (χ2v) is 5.46. The van der Waals surface area contributed by atoms with Gasteiger partial charge in [-0.3, -0.25) is 4.98 Å². The molecule has 0 saturated heterocycles. The SMILES string of the molecule is CC1CCCCC1Nc1cc2[nH]c(=O)oc2cc1N. The molecule has 1 fully saturated rings. The first kappa shape index (κ1) is 12.1. The lowest BCUT2D eigenvalue weighted by Gasteiger charge is -2.30. The van der Waals surface area contributed by atoms with E-state index >= 15 is 0 Å². The first-order valence-electron chi connectivity index (χ1n) is 6.82. The predicted octanol–water partition coefficient (Wildman–Crippen LogP) is 2.69. The zero-order chi connectivity index (χ0) is 13.4. The molecule has 0 aliphatic heterocycles. The van der Waals surface area contributed by atoms with Crippen molar-refractivity contribution in [3.63, 3.8) is 0 Å². The molecule has 4 N–H and O–H groups in total. The molecule has 1 aromatic carbocycles. The van der Waals surface area contributed by atoms with Gasteiger partial charge in [-0.2, -0.15) is 0 Å². The Labute approximate surface area is 111 Å². The van der Waals surface area contributed by atoms with Crippen LogP contribution in [0, 0.1) is 5.92 Å². The zero-order valence-electron chi connectivity index (χ0n) is 11.0. The summed E-state index contributed by atoms with van der Waals surface area (Å²) in [5, 5.41) is 3.51. The van der Waals surface area contributed by atoms with E-state index in [4.69, 9.17) is 10.2 Å². The van der Waals surface area contributed by atoms with Crippen LogP contribution in [0.15, 0.2) is 21.3 Å². The minimum atomic E-state index is -0.447. The summed E-state index contributed by atoms with van der Waals surface area (Å²) in [6.45, 7) is 2.27. The molecule has 0 bridgehead atoms. The van der Waals surface area contributed by atoms with E-state index < -0.39 is 5.76 Å². The average Bonchev–Trinajstić information content (AvgIpc) is 2.71. The van der Waals surface area contributed by atoms with E-state index in [-0.39, 0.29) is 0 Å². The standard InChI is InChI=1S/C14H19N3O2/c1-8-4-2-3-5-10(8)16-11-7-12-13(6-9(11)15)19-14(18)17-12/h6-8,10,16H,2-5,15H2,1H3,(H,17,18). The quantitative estimate of drug-likeness (QED) is 0.726. The van der Waals surface area contributed by atoms with Crippen molar-refractivity contribution < 1.29 is 4.42 Å². The maximum Gasteiger partial charge on any atom is 0.417 e. The van der Waals surface area contributed by atoms with Crippen molar-refractivity contribution in [1.82, 2.24) is 4.98 Å². The van der Waals surface area contributed by atoms with Crippen molar-refractivity contribution >= 4 is 22.5 Å². The van der Waals surface area contributed by atoms with Gasteiger partial charge in [0.25, 0.3) is 0 Å². The van der Waals surface area contributed by atoms with E-state index in [1.165, 1.54) is 25.7 Å². The topological polar surface area (TPSA) is 84.0 Å². The highest BCUT2D eigenvalue weighted by atomic mass is 16.4. The molecular formula is C14H19N3O2. The van der Waals surface area contributed by atoms with Gasteiger partial charge in [0.2, 0.25) is 0 Å². The van der Waals surface area contributed by atoms with Gasteiger partial charge in [0.05, 0.1) is 16.9 Å². The van der Waals surface area contributed by atoms with Crippen LogP contribution >= 0.6 is 0 Å². The third-order valence-corrected chi connectivity index (χ3v) is 4.04. The van der Waals surface area contributed by atoms with Gasteiger partial charge in [0.15, 0.2) is 5.58 Å². The van der Waals surface area contributed by atoms with Crippen LogP contribution in [-0.2, 0) is 0 Å².